The number of nitrogens with one attached hydrogen (secondary N) is 1. The molecule has 1 aromatic carbocycles. The first-order valence-corrected chi connectivity index (χ1v) is 5.64. The average molecular weight is 258 g/mol. The van der Waals surface area contributed by atoms with Crippen molar-refractivity contribution in [2.24, 2.45) is 11.6 Å². The van der Waals surface area contributed by atoms with Gasteiger partial charge in [0.1, 0.15) is 18.2 Å². The fourth-order valence-electron chi connectivity index (χ4n) is 1.51. The number of nitrogens with two attached hydrogens (primary N) is 2. The van der Waals surface area contributed by atoms with Crippen molar-refractivity contribution in [3.63, 3.8) is 0 Å². The third-order valence-corrected chi connectivity index (χ3v) is 2.48. The van der Waals surface area contributed by atoms with E-state index in [4.69, 9.17) is 16.3 Å². The van der Waals surface area contributed by atoms with Crippen LogP contribution in [0.3, 0.4) is 0 Å². The van der Waals surface area contributed by atoms with Gasteiger partial charge in [-0.05, 0) is 36.4 Å². The SMILES string of the molecule is NNc1cccc(COc2ccc(C(N)=O)cc2)n1. The van der Waals surface area contributed by atoms with Crippen LogP contribution < -0.4 is 21.7 Å². The van der Waals surface area contributed by atoms with Crippen molar-refractivity contribution < 1.29 is 9.53 Å². The molecule has 1 heterocycles. The van der Waals surface area contributed by atoms with Gasteiger partial charge in [0.05, 0.1) is 5.69 Å². The smallest absolute Gasteiger partial charge is 0.248 e. The molecule has 0 saturated heterocycles. The molecule has 5 N–H and O–H groups in total. The van der Waals surface area contributed by atoms with Crippen LogP contribution in [0.1, 0.15) is 16.1 Å². The number of rotatable bonds is 5. The van der Waals surface area contributed by atoms with Gasteiger partial charge in [-0.25, -0.2) is 10.8 Å². The molecule has 0 aliphatic heterocycles. The molecule has 0 unspecified atom stereocenters. The summed E-state index contributed by atoms with van der Waals surface area (Å²) in [6.45, 7) is 0.311. The van der Waals surface area contributed by atoms with E-state index in [9.17, 15) is 4.79 Å². The fraction of sp³-hybridized carbons (Fsp3) is 0.0769. The van der Waals surface area contributed by atoms with Crippen molar-refractivity contribution in [3.05, 3.63) is 53.7 Å². The summed E-state index contributed by atoms with van der Waals surface area (Å²) in [7, 11) is 0. The van der Waals surface area contributed by atoms with Crippen LogP contribution in [0.2, 0.25) is 0 Å². The van der Waals surface area contributed by atoms with E-state index in [-0.39, 0.29) is 0 Å². The third kappa shape index (κ3) is 3.43. The number of nitrogens with zero attached hydrogens (tertiary/aromatic N) is 1. The molecule has 0 spiro atoms. The molecule has 2 rings (SSSR count). The predicted molar refractivity (Wildman–Crippen MR) is 71.3 cm³/mol. The summed E-state index contributed by atoms with van der Waals surface area (Å²) in [5.41, 5.74) is 8.81. The summed E-state index contributed by atoms with van der Waals surface area (Å²) in [6.07, 6.45) is 0. The monoisotopic (exact) mass is 258 g/mol. The molecule has 0 radical (unpaired) electrons. The average Bonchev–Trinajstić information content (AvgIpc) is 2.46. The first-order valence-electron chi connectivity index (χ1n) is 5.64. The summed E-state index contributed by atoms with van der Waals surface area (Å²) >= 11 is 0. The summed E-state index contributed by atoms with van der Waals surface area (Å²) in [5, 5.41) is 0. The number of hydrogen-bond acceptors (Lipinski definition) is 5. The number of aromatic nitrogens is 1. The van der Waals surface area contributed by atoms with E-state index in [0.717, 1.165) is 5.69 Å². The lowest BCUT2D eigenvalue weighted by Gasteiger charge is -2.07. The number of amides is 1. The van der Waals surface area contributed by atoms with Gasteiger partial charge in [0.2, 0.25) is 5.91 Å². The molecule has 0 atom stereocenters. The zero-order valence-electron chi connectivity index (χ0n) is 10.2. The van der Waals surface area contributed by atoms with E-state index in [1.807, 2.05) is 12.1 Å². The Morgan fingerprint density at radius 2 is 1.95 bits per heavy atom. The highest BCUT2D eigenvalue weighted by molar-refractivity contribution is 5.92. The quantitative estimate of drug-likeness (QED) is 0.549. The molecular formula is C13H14N4O2. The largest absolute Gasteiger partial charge is 0.487 e. The Morgan fingerprint density at radius 3 is 2.58 bits per heavy atom. The minimum absolute atomic E-state index is 0.311. The lowest BCUT2D eigenvalue weighted by atomic mass is 10.2. The van der Waals surface area contributed by atoms with Gasteiger partial charge in [-0.2, -0.15) is 0 Å². The number of anilines is 1. The molecule has 98 valence electrons. The topological polar surface area (TPSA) is 103 Å². The van der Waals surface area contributed by atoms with Crippen LogP contribution in [0, 0.1) is 0 Å². The highest BCUT2D eigenvalue weighted by Crippen LogP contribution is 2.14. The van der Waals surface area contributed by atoms with E-state index < -0.39 is 5.91 Å². The summed E-state index contributed by atoms with van der Waals surface area (Å²) < 4.78 is 5.54. The minimum atomic E-state index is -0.463. The van der Waals surface area contributed by atoms with Crippen molar-refractivity contribution in [2.45, 2.75) is 6.61 Å². The first-order chi connectivity index (χ1) is 9.19. The molecule has 6 nitrogen and oxygen atoms in total. The maximum atomic E-state index is 10.9. The Hall–Kier alpha value is -2.60. The van der Waals surface area contributed by atoms with Gasteiger partial charge in [-0.15, -0.1) is 0 Å². The molecule has 19 heavy (non-hydrogen) atoms. The Bertz CT molecular complexity index is 569. The van der Waals surface area contributed by atoms with Crippen LogP contribution in [0.15, 0.2) is 42.5 Å². The van der Waals surface area contributed by atoms with Gasteiger partial charge >= 0.3 is 0 Å². The van der Waals surface area contributed by atoms with Crippen LogP contribution in [-0.2, 0) is 6.61 Å². The van der Waals surface area contributed by atoms with E-state index in [1.165, 1.54) is 0 Å². The maximum Gasteiger partial charge on any atom is 0.248 e. The number of carbonyl (C=O) groups is 1. The molecule has 0 fully saturated rings. The lowest BCUT2D eigenvalue weighted by molar-refractivity contribution is 0.100. The first kappa shape index (κ1) is 12.8. The van der Waals surface area contributed by atoms with Gasteiger partial charge in [0, 0.05) is 5.56 Å². The van der Waals surface area contributed by atoms with E-state index in [1.54, 1.807) is 30.3 Å². The summed E-state index contributed by atoms with van der Waals surface area (Å²) in [6, 6.07) is 12.0. The second kappa shape index (κ2) is 5.83. The van der Waals surface area contributed by atoms with Gasteiger partial charge in [-0.3, -0.25) is 4.79 Å². The van der Waals surface area contributed by atoms with E-state index in [2.05, 4.69) is 10.4 Å². The zero-order valence-corrected chi connectivity index (χ0v) is 10.2. The van der Waals surface area contributed by atoms with Crippen LogP contribution in [0.25, 0.3) is 0 Å². The second-order valence-electron chi connectivity index (χ2n) is 3.84. The lowest BCUT2D eigenvalue weighted by Crippen LogP contribution is -2.10. The molecule has 0 aliphatic rings. The summed E-state index contributed by atoms with van der Waals surface area (Å²) in [4.78, 5) is 15.1. The predicted octanol–water partition coefficient (Wildman–Crippen LogP) is 1.05. The van der Waals surface area contributed by atoms with Gasteiger partial charge < -0.3 is 15.9 Å². The van der Waals surface area contributed by atoms with E-state index in [0.29, 0.717) is 23.7 Å². The van der Waals surface area contributed by atoms with Crippen LogP contribution in [0.5, 0.6) is 5.75 Å². The van der Waals surface area contributed by atoms with Crippen molar-refractivity contribution in [3.8, 4) is 5.75 Å². The van der Waals surface area contributed by atoms with Crippen LogP contribution in [0.4, 0.5) is 5.82 Å². The van der Waals surface area contributed by atoms with Crippen molar-refractivity contribution >= 4 is 11.7 Å². The third-order valence-electron chi connectivity index (χ3n) is 2.48. The minimum Gasteiger partial charge on any atom is -0.487 e. The number of nitrogen functional groups attached to an aromatic ring is 1. The zero-order chi connectivity index (χ0) is 13.7. The molecular weight excluding hydrogens is 244 g/mol. The standard InChI is InChI=1S/C13H14N4O2/c14-13(18)9-4-6-11(7-5-9)19-8-10-2-1-3-12(16-10)17-15/h1-7H,8,15H2,(H2,14,18)(H,16,17). The molecule has 2 aromatic rings. The van der Waals surface area contributed by atoms with Crippen molar-refractivity contribution in [2.75, 3.05) is 5.43 Å². The van der Waals surface area contributed by atoms with E-state index >= 15 is 0 Å². The number of carbonyl (C=O) groups excluding carboxylic acids is 1. The number of hydrogen-bond donors (Lipinski definition) is 3. The molecule has 1 amide bonds. The van der Waals surface area contributed by atoms with Gasteiger partial charge in [-0.1, -0.05) is 6.07 Å². The Morgan fingerprint density at radius 1 is 1.21 bits per heavy atom. The molecule has 0 saturated carbocycles. The number of hydrazine groups is 1. The number of ether oxygens (including phenoxy) is 1. The fourth-order valence-corrected chi connectivity index (χ4v) is 1.51. The number of primary amides is 1. The molecule has 0 bridgehead atoms. The van der Waals surface area contributed by atoms with Crippen molar-refractivity contribution in [1.29, 1.82) is 0 Å². The number of pyridine rings is 1. The highest BCUT2D eigenvalue weighted by atomic mass is 16.5. The number of benzene rings is 1. The Balaban J connectivity index is 1.99. The summed E-state index contributed by atoms with van der Waals surface area (Å²) in [5.74, 6) is 6.02. The van der Waals surface area contributed by atoms with Crippen molar-refractivity contribution in [1.82, 2.24) is 4.98 Å². The molecule has 6 heteroatoms. The highest BCUT2D eigenvalue weighted by Gasteiger charge is 2.01. The van der Waals surface area contributed by atoms with Gasteiger partial charge in [0.15, 0.2) is 0 Å². The normalized spacial score (nSPS) is 9.95. The van der Waals surface area contributed by atoms with Gasteiger partial charge in [0.25, 0.3) is 0 Å². The molecule has 0 aliphatic carbocycles. The van der Waals surface area contributed by atoms with Crippen LogP contribution >= 0.6 is 0 Å². The maximum absolute atomic E-state index is 10.9. The Kier molecular flexibility index (Phi) is 3.94. The molecule has 1 aromatic heterocycles. The van der Waals surface area contributed by atoms with Crippen LogP contribution in [-0.4, -0.2) is 10.9 Å². The Labute approximate surface area is 110 Å². The second-order valence-corrected chi connectivity index (χ2v) is 3.84.